The molecule has 0 heterocycles. The van der Waals surface area contributed by atoms with Crippen LogP contribution in [0.5, 0.6) is 0 Å². The van der Waals surface area contributed by atoms with Crippen LogP contribution in [0.2, 0.25) is 0 Å². The lowest BCUT2D eigenvalue weighted by atomic mass is 10.1. The summed E-state index contributed by atoms with van der Waals surface area (Å²) in [6.45, 7) is 8.27. The highest BCUT2D eigenvalue weighted by molar-refractivity contribution is 7.89. The molecule has 0 saturated carbocycles. The first-order valence-electron chi connectivity index (χ1n) is 6.32. The first-order valence-corrected chi connectivity index (χ1v) is 8.30. The Hall–Kier alpha value is -0.580. The number of benzene rings is 1. The Balaban J connectivity index is 3.28. The van der Waals surface area contributed by atoms with Gasteiger partial charge < -0.3 is 0 Å². The average molecular weight is 304 g/mol. The van der Waals surface area contributed by atoms with Gasteiger partial charge in [-0.1, -0.05) is 19.9 Å². The molecule has 0 fully saturated rings. The van der Waals surface area contributed by atoms with Crippen LogP contribution < -0.4 is 0 Å². The molecule has 0 N–H and O–H groups in total. The Morgan fingerprint density at radius 1 is 1.21 bits per heavy atom. The van der Waals surface area contributed by atoms with Crippen molar-refractivity contribution in [2.75, 3.05) is 13.6 Å². The van der Waals surface area contributed by atoms with Crippen molar-refractivity contribution in [1.29, 1.82) is 0 Å². The Bertz CT molecular complexity index is 553. The molecule has 0 aliphatic rings. The van der Waals surface area contributed by atoms with Gasteiger partial charge >= 0.3 is 0 Å². The molecule has 0 unspecified atom stereocenters. The molecule has 0 aliphatic carbocycles. The smallest absolute Gasteiger partial charge is 0.207 e. The van der Waals surface area contributed by atoms with Gasteiger partial charge in [0.1, 0.15) is 0 Å². The fourth-order valence-corrected chi connectivity index (χ4v) is 3.95. The number of nitrogens with zero attached hydrogens (tertiary/aromatic N) is 1. The van der Waals surface area contributed by atoms with Gasteiger partial charge in [0.15, 0.2) is 0 Å². The standard InChI is InChI=1S/C14H22ClNO2S/c1-10(2)9-16(5)19(17,18)14-7-13(8-15)11(3)6-12(14)4/h6-7,10H,8-9H2,1-5H3. The van der Waals surface area contributed by atoms with Gasteiger partial charge in [-0.3, -0.25) is 0 Å². The lowest BCUT2D eigenvalue weighted by Gasteiger charge is -2.21. The minimum absolute atomic E-state index is 0.290. The maximum absolute atomic E-state index is 12.6. The molecule has 0 aromatic heterocycles. The summed E-state index contributed by atoms with van der Waals surface area (Å²) < 4.78 is 26.5. The summed E-state index contributed by atoms with van der Waals surface area (Å²) in [5.41, 5.74) is 2.66. The van der Waals surface area contributed by atoms with Crippen molar-refractivity contribution in [3.05, 3.63) is 28.8 Å². The minimum Gasteiger partial charge on any atom is -0.207 e. The zero-order chi connectivity index (χ0) is 14.8. The fraction of sp³-hybridized carbons (Fsp3) is 0.571. The van der Waals surface area contributed by atoms with E-state index in [1.807, 2.05) is 33.8 Å². The van der Waals surface area contributed by atoms with Crippen LogP contribution in [0.3, 0.4) is 0 Å². The van der Waals surface area contributed by atoms with E-state index < -0.39 is 10.0 Å². The highest BCUT2D eigenvalue weighted by Gasteiger charge is 2.24. The van der Waals surface area contributed by atoms with E-state index in [0.29, 0.717) is 17.3 Å². The second kappa shape index (κ2) is 6.25. The molecular weight excluding hydrogens is 282 g/mol. The van der Waals surface area contributed by atoms with E-state index in [2.05, 4.69) is 0 Å². The fourth-order valence-electron chi connectivity index (χ4n) is 2.08. The van der Waals surface area contributed by atoms with Crippen molar-refractivity contribution in [3.8, 4) is 0 Å². The molecule has 0 radical (unpaired) electrons. The molecule has 0 aliphatic heterocycles. The van der Waals surface area contributed by atoms with Crippen LogP contribution in [-0.4, -0.2) is 26.3 Å². The van der Waals surface area contributed by atoms with Crippen LogP contribution >= 0.6 is 11.6 Å². The van der Waals surface area contributed by atoms with Gasteiger partial charge in [0.25, 0.3) is 0 Å². The molecule has 108 valence electrons. The van der Waals surface area contributed by atoms with Crippen molar-refractivity contribution in [1.82, 2.24) is 4.31 Å². The van der Waals surface area contributed by atoms with Crippen molar-refractivity contribution in [2.24, 2.45) is 5.92 Å². The molecule has 19 heavy (non-hydrogen) atoms. The Kier molecular flexibility index (Phi) is 5.42. The zero-order valence-electron chi connectivity index (χ0n) is 12.2. The van der Waals surface area contributed by atoms with Gasteiger partial charge in [0.2, 0.25) is 10.0 Å². The molecule has 0 spiro atoms. The van der Waals surface area contributed by atoms with Gasteiger partial charge in [0.05, 0.1) is 4.90 Å². The lowest BCUT2D eigenvalue weighted by Crippen LogP contribution is -2.31. The number of aryl methyl sites for hydroxylation is 2. The van der Waals surface area contributed by atoms with Crippen molar-refractivity contribution < 1.29 is 8.42 Å². The summed E-state index contributed by atoms with van der Waals surface area (Å²) in [4.78, 5) is 0.358. The summed E-state index contributed by atoms with van der Waals surface area (Å²) in [7, 11) is -1.82. The molecular formula is C14H22ClNO2S. The lowest BCUT2D eigenvalue weighted by molar-refractivity contribution is 0.417. The van der Waals surface area contributed by atoms with Gasteiger partial charge in [0, 0.05) is 19.5 Å². The van der Waals surface area contributed by atoms with Crippen LogP contribution in [0.25, 0.3) is 0 Å². The van der Waals surface area contributed by atoms with Crippen molar-refractivity contribution >= 4 is 21.6 Å². The summed E-state index contributed by atoms with van der Waals surface area (Å²) in [5.74, 6) is 0.612. The van der Waals surface area contributed by atoms with Gasteiger partial charge in [-0.2, -0.15) is 0 Å². The van der Waals surface area contributed by atoms with E-state index in [4.69, 9.17) is 11.6 Å². The first kappa shape index (κ1) is 16.5. The van der Waals surface area contributed by atoms with Crippen LogP contribution in [-0.2, 0) is 15.9 Å². The quantitative estimate of drug-likeness (QED) is 0.783. The molecule has 5 heteroatoms. The number of alkyl halides is 1. The third kappa shape index (κ3) is 3.71. The molecule has 0 bridgehead atoms. The zero-order valence-corrected chi connectivity index (χ0v) is 13.8. The number of halogens is 1. The third-order valence-electron chi connectivity index (χ3n) is 3.09. The van der Waals surface area contributed by atoms with Crippen molar-refractivity contribution in [3.63, 3.8) is 0 Å². The number of hydrogen-bond donors (Lipinski definition) is 0. The van der Waals surface area contributed by atoms with Gasteiger partial charge in [-0.15, -0.1) is 11.6 Å². The van der Waals surface area contributed by atoms with Crippen LogP contribution in [0.4, 0.5) is 0 Å². The maximum atomic E-state index is 12.6. The normalized spacial score (nSPS) is 12.4. The third-order valence-corrected chi connectivity index (χ3v) is 5.34. The summed E-state index contributed by atoms with van der Waals surface area (Å²) in [5, 5.41) is 0. The molecule has 0 atom stereocenters. The van der Waals surface area contributed by atoms with Crippen molar-refractivity contribution in [2.45, 2.75) is 38.5 Å². The van der Waals surface area contributed by atoms with E-state index >= 15 is 0 Å². The van der Waals surface area contributed by atoms with E-state index in [0.717, 1.165) is 16.7 Å². The Labute approximate surface area is 121 Å². The molecule has 1 aromatic carbocycles. The predicted octanol–water partition coefficient (Wildman–Crippen LogP) is 3.32. The van der Waals surface area contributed by atoms with Crippen LogP contribution in [0.1, 0.15) is 30.5 Å². The van der Waals surface area contributed by atoms with Gasteiger partial charge in [-0.05, 0) is 42.5 Å². The van der Waals surface area contributed by atoms with E-state index in [1.165, 1.54) is 4.31 Å². The minimum atomic E-state index is -3.44. The van der Waals surface area contributed by atoms with E-state index in [1.54, 1.807) is 13.1 Å². The number of hydrogen-bond acceptors (Lipinski definition) is 2. The highest BCUT2D eigenvalue weighted by Crippen LogP contribution is 2.24. The second-order valence-corrected chi connectivity index (χ2v) is 7.64. The predicted molar refractivity (Wildman–Crippen MR) is 80.1 cm³/mol. The molecule has 0 saturated heterocycles. The topological polar surface area (TPSA) is 37.4 Å². The molecule has 3 nitrogen and oxygen atoms in total. The Morgan fingerprint density at radius 2 is 1.79 bits per heavy atom. The largest absolute Gasteiger partial charge is 0.243 e. The monoisotopic (exact) mass is 303 g/mol. The average Bonchev–Trinajstić information content (AvgIpc) is 2.27. The molecule has 1 aromatic rings. The van der Waals surface area contributed by atoms with Crippen LogP contribution in [0, 0.1) is 19.8 Å². The van der Waals surface area contributed by atoms with E-state index in [9.17, 15) is 8.42 Å². The summed E-state index contributed by atoms with van der Waals surface area (Å²) in [6, 6.07) is 3.58. The molecule has 0 amide bonds. The SMILES string of the molecule is Cc1cc(C)c(S(=O)(=O)N(C)CC(C)C)cc1CCl. The Morgan fingerprint density at radius 3 is 2.26 bits per heavy atom. The highest BCUT2D eigenvalue weighted by atomic mass is 35.5. The van der Waals surface area contributed by atoms with E-state index in [-0.39, 0.29) is 5.92 Å². The summed E-state index contributed by atoms with van der Waals surface area (Å²) >= 11 is 5.86. The molecule has 1 rings (SSSR count). The maximum Gasteiger partial charge on any atom is 0.243 e. The van der Waals surface area contributed by atoms with Crippen LogP contribution in [0.15, 0.2) is 17.0 Å². The summed E-state index contributed by atoms with van der Waals surface area (Å²) in [6.07, 6.45) is 0. The first-order chi connectivity index (χ1) is 8.70. The number of sulfonamides is 1. The number of rotatable bonds is 5. The van der Waals surface area contributed by atoms with Gasteiger partial charge in [-0.25, -0.2) is 12.7 Å². The second-order valence-electron chi connectivity index (χ2n) is 5.36.